The first-order valence-electron chi connectivity index (χ1n) is 8.75. The molecule has 0 radical (unpaired) electrons. The molecule has 1 aromatic heterocycles. The zero-order valence-electron chi connectivity index (χ0n) is 14.4. The number of likely N-dealkylation sites (tertiary alicyclic amines) is 1. The Morgan fingerprint density at radius 2 is 2.00 bits per heavy atom. The minimum atomic E-state index is -0.538. The lowest BCUT2D eigenvalue weighted by Gasteiger charge is -2.31. The molecule has 1 aliphatic heterocycles. The molecule has 0 unspecified atom stereocenters. The van der Waals surface area contributed by atoms with E-state index in [1.165, 1.54) is 18.2 Å². The summed E-state index contributed by atoms with van der Waals surface area (Å²) in [5, 5.41) is 8.26. The highest BCUT2D eigenvalue weighted by atomic mass is 35.5. The molecule has 1 fully saturated rings. The maximum absolute atomic E-state index is 13.3. The van der Waals surface area contributed by atoms with Crippen molar-refractivity contribution < 1.29 is 13.6 Å². The molecule has 1 atom stereocenters. The van der Waals surface area contributed by atoms with Gasteiger partial charge in [0, 0.05) is 24.2 Å². The van der Waals surface area contributed by atoms with Gasteiger partial charge in [-0.2, -0.15) is 0 Å². The number of benzene rings is 2. The number of piperidine rings is 1. The maximum Gasteiger partial charge on any atom is 0.253 e. The highest BCUT2D eigenvalue weighted by Gasteiger charge is 2.29. The molecule has 138 valence electrons. The molecule has 0 N–H and O–H groups in total. The lowest BCUT2D eigenvalue weighted by molar-refractivity contribution is 0.0698. The fraction of sp³-hybridized carbons (Fsp3) is 0.250. The van der Waals surface area contributed by atoms with Gasteiger partial charge in [-0.1, -0.05) is 29.8 Å². The van der Waals surface area contributed by atoms with Crippen LogP contribution in [0.4, 0.5) is 4.39 Å². The van der Waals surface area contributed by atoms with Crippen LogP contribution in [0.3, 0.4) is 0 Å². The number of amides is 1. The first-order valence-corrected chi connectivity index (χ1v) is 9.13. The first-order chi connectivity index (χ1) is 13.1. The van der Waals surface area contributed by atoms with Crippen LogP contribution in [0.5, 0.6) is 0 Å². The number of aromatic nitrogens is 2. The average Bonchev–Trinajstić information content (AvgIpc) is 3.21. The summed E-state index contributed by atoms with van der Waals surface area (Å²) >= 11 is 5.80. The van der Waals surface area contributed by atoms with E-state index in [0.29, 0.717) is 30.4 Å². The lowest BCUT2D eigenvalue weighted by atomic mass is 9.97. The second-order valence-corrected chi connectivity index (χ2v) is 6.94. The Morgan fingerprint density at radius 1 is 1.19 bits per heavy atom. The van der Waals surface area contributed by atoms with Crippen LogP contribution in [0.25, 0.3) is 11.5 Å². The third kappa shape index (κ3) is 3.71. The van der Waals surface area contributed by atoms with E-state index in [0.717, 1.165) is 18.4 Å². The lowest BCUT2D eigenvalue weighted by Crippen LogP contribution is -2.39. The van der Waals surface area contributed by atoms with Crippen molar-refractivity contribution in [1.82, 2.24) is 15.1 Å². The van der Waals surface area contributed by atoms with Gasteiger partial charge in [0.25, 0.3) is 5.91 Å². The standard InChI is InChI=1S/C20H17ClFN3O2/c21-16-11-14(8-9-17(16)22)20(26)25-10-4-7-15(12-25)19-24-23-18(27-19)13-5-2-1-3-6-13/h1-3,5-6,8-9,11,15H,4,7,10,12H2/t15-/m1/s1. The van der Waals surface area contributed by atoms with Gasteiger partial charge in [-0.05, 0) is 43.2 Å². The van der Waals surface area contributed by atoms with Crippen LogP contribution in [0, 0.1) is 5.82 Å². The molecule has 0 spiro atoms. The minimum Gasteiger partial charge on any atom is -0.420 e. The zero-order valence-corrected chi connectivity index (χ0v) is 15.2. The molecule has 5 nitrogen and oxygen atoms in total. The van der Waals surface area contributed by atoms with Crippen molar-refractivity contribution in [3.05, 3.63) is 70.8 Å². The SMILES string of the molecule is O=C(c1ccc(F)c(Cl)c1)N1CCC[C@@H](c2nnc(-c3ccccc3)o2)C1. The van der Waals surface area contributed by atoms with Gasteiger partial charge in [0.05, 0.1) is 10.9 Å². The van der Waals surface area contributed by atoms with Crippen LogP contribution in [0.15, 0.2) is 52.9 Å². The number of hydrogen-bond donors (Lipinski definition) is 0. The number of carbonyl (C=O) groups is 1. The van der Waals surface area contributed by atoms with Gasteiger partial charge in [-0.3, -0.25) is 4.79 Å². The van der Waals surface area contributed by atoms with E-state index in [2.05, 4.69) is 10.2 Å². The smallest absolute Gasteiger partial charge is 0.253 e. The summed E-state index contributed by atoms with van der Waals surface area (Å²) in [5.41, 5.74) is 1.23. The van der Waals surface area contributed by atoms with Crippen molar-refractivity contribution in [3.8, 4) is 11.5 Å². The molecule has 1 aliphatic rings. The molecule has 2 heterocycles. The Balaban J connectivity index is 1.50. The van der Waals surface area contributed by atoms with Crippen molar-refractivity contribution in [3.63, 3.8) is 0 Å². The molecule has 1 saturated heterocycles. The summed E-state index contributed by atoms with van der Waals surface area (Å²) in [6.45, 7) is 1.11. The first kappa shape index (κ1) is 17.7. The normalized spacial score (nSPS) is 17.1. The van der Waals surface area contributed by atoms with E-state index in [-0.39, 0.29) is 16.8 Å². The van der Waals surface area contributed by atoms with Crippen LogP contribution in [0.1, 0.15) is 35.0 Å². The van der Waals surface area contributed by atoms with Crippen LogP contribution in [-0.4, -0.2) is 34.1 Å². The van der Waals surface area contributed by atoms with Crippen molar-refractivity contribution in [2.45, 2.75) is 18.8 Å². The highest BCUT2D eigenvalue weighted by molar-refractivity contribution is 6.31. The van der Waals surface area contributed by atoms with Gasteiger partial charge in [0.2, 0.25) is 11.8 Å². The largest absolute Gasteiger partial charge is 0.420 e. The van der Waals surface area contributed by atoms with Gasteiger partial charge in [-0.25, -0.2) is 4.39 Å². The summed E-state index contributed by atoms with van der Waals surface area (Å²) in [4.78, 5) is 14.5. The highest BCUT2D eigenvalue weighted by Crippen LogP contribution is 2.29. The van der Waals surface area contributed by atoms with E-state index in [1.54, 1.807) is 4.90 Å². The van der Waals surface area contributed by atoms with E-state index in [9.17, 15) is 9.18 Å². The zero-order chi connectivity index (χ0) is 18.8. The topological polar surface area (TPSA) is 59.2 Å². The summed E-state index contributed by atoms with van der Waals surface area (Å²) in [7, 11) is 0. The van der Waals surface area contributed by atoms with Gasteiger partial charge in [0.15, 0.2) is 0 Å². The summed E-state index contributed by atoms with van der Waals surface area (Å²) < 4.78 is 19.2. The van der Waals surface area contributed by atoms with E-state index < -0.39 is 5.82 Å². The van der Waals surface area contributed by atoms with Crippen LogP contribution < -0.4 is 0 Å². The number of nitrogens with zero attached hydrogens (tertiary/aromatic N) is 3. The summed E-state index contributed by atoms with van der Waals surface area (Å²) in [6, 6.07) is 13.6. The third-order valence-electron chi connectivity index (χ3n) is 4.69. The van der Waals surface area contributed by atoms with Gasteiger partial charge in [0.1, 0.15) is 5.82 Å². The number of halogens is 2. The number of hydrogen-bond acceptors (Lipinski definition) is 4. The Kier molecular flexibility index (Phi) is 4.90. The third-order valence-corrected chi connectivity index (χ3v) is 4.98. The molecule has 7 heteroatoms. The molecular formula is C20H17ClFN3O2. The number of carbonyl (C=O) groups excluding carboxylic acids is 1. The molecule has 1 amide bonds. The Labute approximate surface area is 160 Å². The maximum atomic E-state index is 13.3. The minimum absolute atomic E-state index is 0.0245. The molecule has 27 heavy (non-hydrogen) atoms. The summed E-state index contributed by atoms with van der Waals surface area (Å²) in [6.07, 6.45) is 1.69. The Bertz CT molecular complexity index is 961. The fourth-order valence-corrected chi connectivity index (χ4v) is 3.45. The van der Waals surface area contributed by atoms with E-state index >= 15 is 0 Å². The van der Waals surface area contributed by atoms with Crippen molar-refractivity contribution in [2.24, 2.45) is 0 Å². The van der Waals surface area contributed by atoms with Gasteiger partial charge in [-0.15, -0.1) is 10.2 Å². The van der Waals surface area contributed by atoms with Gasteiger partial charge >= 0.3 is 0 Å². The van der Waals surface area contributed by atoms with Crippen molar-refractivity contribution in [1.29, 1.82) is 0 Å². The van der Waals surface area contributed by atoms with Crippen LogP contribution >= 0.6 is 11.6 Å². The Morgan fingerprint density at radius 3 is 2.78 bits per heavy atom. The van der Waals surface area contributed by atoms with Crippen molar-refractivity contribution in [2.75, 3.05) is 13.1 Å². The van der Waals surface area contributed by atoms with E-state index in [4.69, 9.17) is 16.0 Å². The fourth-order valence-electron chi connectivity index (χ4n) is 3.27. The Hall–Kier alpha value is -2.73. The molecule has 3 aromatic rings. The average molecular weight is 386 g/mol. The molecule has 4 rings (SSSR count). The predicted octanol–water partition coefficient (Wildman–Crippen LogP) is 4.55. The molecule has 0 aliphatic carbocycles. The second kappa shape index (κ2) is 7.48. The second-order valence-electron chi connectivity index (χ2n) is 6.53. The van der Waals surface area contributed by atoms with Crippen LogP contribution in [0.2, 0.25) is 5.02 Å². The molecule has 2 aromatic carbocycles. The van der Waals surface area contributed by atoms with Crippen molar-refractivity contribution >= 4 is 17.5 Å². The summed E-state index contributed by atoms with van der Waals surface area (Å²) in [5.74, 6) is 0.264. The number of rotatable bonds is 3. The van der Waals surface area contributed by atoms with Crippen LogP contribution in [-0.2, 0) is 0 Å². The van der Waals surface area contributed by atoms with Gasteiger partial charge < -0.3 is 9.32 Å². The molecule has 0 saturated carbocycles. The predicted molar refractivity (Wildman–Crippen MR) is 99.0 cm³/mol. The molecular weight excluding hydrogens is 369 g/mol. The van der Waals surface area contributed by atoms with E-state index in [1.807, 2.05) is 30.3 Å². The quantitative estimate of drug-likeness (QED) is 0.663. The molecule has 0 bridgehead atoms. The monoisotopic (exact) mass is 385 g/mol.